The quantitative estimate of drug-likeness (QED) is 0.480. The number of nitrogens with zero attached hydrogens (tertiary/aromatic N) is 2. The molecule has 0 saturated heterocycles. The molecular weight excluding hydrogens is 150 g/mol. The van der Waals surface area contributed by atoms with Gasteiger partial charge in [-0.1, -0.05) is 13.8 Å². The van der Waals surface area contributed by atoms with Crippen LogP contribution in [0.15, 0.2) is 4.99 Å². The van der Waals surface area contributed by atoms with E-state index in [4.69, 9.17) is 5.73 Å². The van der Waals surface area contributed by atoms with E-state index in [-0.39, 0.29) is 0 Å². The Morgan fingerprint density at radius 1 is 1.25 bits per heavy atom. The van der Waals surface area contributed by atoms with Crippen molar-refractivity contribution in [1.82, 2.24) is 4.90 Å². The third kappa shape index (κ3) is 5.13. The van der Waals surface area contributed by atoms with Crippen molar-refractivity contribution in [1.29, 1.82) is 0 Å². The molecule has 2 N–H and O–H groups in total. The Hall–Kier alpha value is -0.570. The van der Waals surface area contributed by atoms with Crippen molar-refractivity contribution in [2.75, 3.05) is 26.2 Å². The fourth-order valence-corrected chi connectivity index (χ4v) is 1.09. The summed E-state index contributed by atoms with van der Waals surface area (Å²) in [5.74, 6) is 0.782. The minimum absolute atomic E-state index is 0.782. The Bertz CT molecular complexity index is 128. The smallest absolute Gasteiger partial charge is 0.0949 e. The second kappa shape index (κ2) is 7.10. The zero-order chi connectivity index (χ0) is 9.40. The second-order valence-electron chi connectivity index (χ2n) is 2.74. The molecule has 0 bridgehead atoms. The van der Waals surface area contributed by atoms with Gasteiger partial charge in [-0.15, -0.1) is 0 Å². The SMILES string of the molecule is CCN=C(N)CCN(CC)CC. The van der Waals surface area contributed by atoms with E-state index in [0.29, 0.717) is 0 Å². The molecule has 72 valence electrons. The topological polar surface area (TPSA) is 41.6 Å². The van der Waals surface area contributed by atoms with Gasteiger partial charge in [0, 0.05) is 19.5 Å². The molecule has 0 fully saturated rings. The molecule has 0 spiro atoms. The molecule has 0 saturated carbocycles. The molecule has 0 radical (unpaired) electrons. The normalized spacial score (nSPS) is 12.5. The summed E-state index contributed by atoms with van der Waals surface area (Å²) < 4.78 is 0. The minimum atomic E-state index is 0.782. The molecule has 0 aliphatic rings. The number of amidine groups is 1. The largest absolute Gasteiger partial charge is 0.387 e. The predicted molar refractivity (Wildman–Crippen MR) is 54.6 cm³/mol. The van der Waals surface area contributed by atoms with Crippen LogP contribution in [0.2, 0.25) is 0 Å². The van der Waals surface area contributed by atoms with E-state index in [1.165, 1.54) is 0 Å². The van der Waals surface area contributed by atoms with Crippen molar-refractivity contribution < 1.29 is 0 Å². The lowest BCUT2D eigenvalue weighted by Crippen LogP contribution is -2.27. The van der Waals surface area contributed by atoms with E-state index in [1.807, 2.05) is 6.92 Å². The highest BCUT2D eigenvalue weighted by Gasteiger charge is 1.99. The fourth-order valence-electron chi connectivity index (χ4n) is 1.09. The molecule has 0 aliphatic heterocycles. The summed E-state index contributed by atoms with van der Waals surface area (Å²) in [6, 6.07) is 0. The third-order valence-corrected chi connectivity index (χ3v) is 1.94. The summed E-state index contributed by atoms with van der Waals surface area (Å²) in [5, 5.41) is 0. The highest BCUT2D eigenvalue weighted by atomic mass is 15.1. The lowest BCUT2D eigenvalue weighted by atomic mass is 10.3. The second-order valence-corrected chi connectivity index (χ2v) is 2.74. The van der Waals surface area contributed by atoms with E-state index in [1.54, 1.807) is 0 Å². The molecule has 0 heterocycles. The third-order valence-electron chi connectivity index (χ3n) is 1.94. The van der Waals surface area contributed by atoms with Gasteiger partial charge in [-0.05, 0) is 20.0 Å². The van der Waals surface area contributed by atoms with E-state index in [2.05, 4.69) is 23.7 Å². The summed E-state index contributed by atoms with van der Waals surface area (Å²) >= 11 is 0. The Morgan fingerprint density at radius 3 is 2.25 bits per heavy atom. The van der Waals surface area contributed by atoms with Crippen molar-refractivity contribution >= 4 is 5.84 Å². The van der Waals surface area contributed by atoms with Crippen molar-refractivity contribution in [2.24, 2.45) is 10.7 Å². The van der Waals surface area contributed by atoms with Gasteiger partial charge in [0.05, 0.1) is 5.84 Å². The maximum absolute atomic E-state index is 5.67. The van der Waals surface area contributed by atoms with Crippen molar-refractivity contribution in [3.8, 4) is 0 Å². The predicted octanol–water partition coefficient (Wildman–Crippen LogP) is 1.10. The molecule has 0 aromatic rings. The first-order chi connectivity index (χ1) is 5.74. The van der Waals surface area contributed by atoms with Gasteiger partial charge < -0.3 is 10.6 Å². The fraction of sp³-hybridized carbons (Fsp3) is 0.889. The molecule has 3 heteroatoms. The van der Waals surface area contributed by atoms with Crippen LogP contribution in [-0.2, 0) is 0 Å². The Balaban J connectivity index is 3.58. The first-order valence-corrected chi connectivity index (χ1v) is 4.75. The van der Waals surface area contributed by atoms with Gasteiger partial charge in [0.2, 0.25) is 0 Å². The summed E-state index contributed by atoms with van der Waals surface area (Å²) in [7, 11) is 0. The van der Waals surface area contributed by atoms with Gasteiger partial charge in [-0.3, -0.25) is 4.99 Å². The maximum Gasteiger partial charge on any atom is 0.0949 e. The maximum atomic E-state index is 5.67. The van der Waals surface area contributed by atoms with Gasteiger partial charge in [0.1, 0.15) is 0 Å². The lowest BCUT2D eigenvalue weighted by Gasteiger charge is -2.17. The van der Waals surface area contributed by atoms with Crippen LogP contribution in [0.4, 0.5) is 0 Å². The number of rotatable bonds is 6. The molecule has 0 unspecified atom stereocenters. The van der Waals surface area contributed by atoms with Crippen LogP contribution in [-0.4, -0.2) is 36.9 Å². The monoisotopic (exact) mass is 171 g/mol. The Labute approximate surface area is 75.7 Å². The van der Waals surface area contributed by atoms with Crippen LogP contribution in [0, 0.1) is 0 Å². The molecule has 3 nitrogen and oxygen atoms in total. The average Bonchev–Trinajstić information content (AvgIpc) is 2.07. The van der Waals surface area contributed by atoms with Crippen LogP contribution in [0.5, 0.6) is 0 Å². The van der Waals surface area contributed by atoms with Crippen LogP contribution in [0.25, 0.3) is 0 Å². The van der Waals surface area contributed by atoms with Crippen LogP contribution < -0.4 is 5.73 Å². The lowest BCUT2D eigenvalue weighted by molar-refractivity contribution is 0.313. The summed E-state index contributed by atoms with van der Waals surface area (Å²) in [6.07, 6.45) is 0.898. The molecule has 0 aromatic carbocycles. The van der Waals surface area contributed by atoms with Gasteiger partial charge >= 0.3 is 0 Å². The zero-order valence-electron chi connectivity index (χ0n) is 8.51. The standard InChI is InChI=1S/C9H21N3/c1-4-11-9(10)7-8-12(5-2)6-3/h4-8H2,1-3H3,(H2,10,11). The highest BCUT2D eigenvalue weighted by molar-refractivity contribution is 5.80. The average molecular weight is 171 g/mol. The summed E-state index contributed by atoms with van der Waals surface area (Å²) in [6.45, 7) is 10.3. The first kappa shape index (κ1) is 11.4. The minimum Gasteiger partial charge on any atom is -0.387 e. The highest BCUT2D eigenvalue weighted by Crippen LogP contribution is 1.90. The van der Waals surface area contributed by atoms with Gasteiger partial charge in [-0.2, -0.15) is 0 Å². The summed E-state index contributed by atoms with van der Waals surface area (Å²) in [4.78, 5) is 6.48. The Morgan fingerprint density at radius 2 is 1.83 bits per heavy atom. The molecule has 0 atom stereocenters. The van der Waals surface area contributed by atoms with Crippen molar-refractivity contribution in [2.45, 2.75) is 27.2 Å². The van der Waals surface area contributed by atoms with E-state index >= 15 is 0 Å². The number of hydrogen-bond acceptors (Lipinski definition) is 2. The van der Waals surface area contributed by atoms with Crippen LogP contribution in [0.3, 0.4) is 0 Å². The molecular formula is C9H21N3. The van der Waals surface area contributed by atoms with Gasteiger partial charge in [0.15, 0.2) is 0 Å². The van der Waals surface area contributed by atoms with Crippen LogP contribution >= 0.6 is 0 Å². The number of aliphatic imine (C=N–C) groups is 1. The van der Waals surface area contributed by atoms with Crippen molar-refractivity contribution in [3.63, 3.8) is 0 Å². The van der Waals surface area contributed by atoms with E-state index < -0.39 is 0 Å². The molecule has 0 aliphatic carbocycles. The van der Waals surface area contributed by atoms with Crippen LogP contribution in [0.1, 0.15) is 27.2 Å². The molecule has 0 aromatic heterocycles. The number of hydrogen-bond donors (Lipinski definition) is 1. The Kier molecular flexibility index (Phi) is 6.76. The van der Waals surface area contributed by atoms with Crippen molar-refractivity contribution in [3.05, 3.63) is 0 Å². The van der Waals surface area contributed by atoms with E-state index in [9.17, 15) is 0 Å². The molecule has 12 heavy (non-hydrogen) atoms. The molecule has 0 amide bonds. The van der Waals surface area contributed by atoms with Gasteiger partial charge in [-0.25, -0.2) is 0 Å². The van der Waals surface area contributed by atoms with E-state index in [0.717, 1.165) is 38.4 Å². The number of nitrogens with two attached hydrogens (primary N) is 1. The first-order valence-electron chi connectivity index (χ1n) is 4.75. The van der Waals surface area contributed by atoms with Gasteiger partial charge in [0.25, 0.3) is 0 Å². The zero-order valence-corrected chi connectivity index (χ0v) is 8.51. The summed E-state index contributed by atoms with van der Waals surface area (Å²) in [5.41, 5.74) is 5.67. The molecule has 0 rings (SSSR count).